The lowest BCUT2D eigenvalue weighted by atomic mass is 9.94. The maximum absolute atomic E-state index is 12.2. The molecule has 1 aromatic heterocycles. The molecule has 1 fully saturated rings. The van der Waals surface area contributed by atoms with Gasteiger partial charge in [0.2, 0.25) is 5.91 Å². The minimum absolute atomic E-state index is 0.0411. The molecule has 0 aromatic carbocycles. The minimum Gasteiger partial charge on any atom is -0.476 e. The molecule has 1 aromatic rings. The molecule has 3 N–H and O–H groups in total. The topological polar surface area (TPSA) is 112 Å². The zero-order valence-electron chi connectivity index (χ0n) is 15.9. The third kappa shape index (κ3) is 7.16. The van der Waals surface area contributed by atoms with Crippen LogP contribution in [-0.4, -0.2) is 59.1 Å². The Morgan fingerprint density at radius 1 is 1.37 bits per heavy atom. The molecule has 1 saturated heterocycles. The second-order valence-electron chi connectivity index (χ2n) is 7.27. The van der Waals surface area contributed by atoms with E-state index in [1.54, 1.807) is 4.90 Å². The van der Waals surface area contributed by atoms with Crippen LogP contribution in [0.1, 0.15) is 48.6 Å². The van der Waals surface area contributed by atoms with E-state index >= 15 is 0 Å². The molecule has 1 aliphatic heterocycles. The van der Waals surface area contributed by atoms with E-state index < -0.39 is 5.97 Å². The second kappa shape index (κ2) is 10.2. The molecule has 27 heavy (non-hydrogen) atoms. The average molecular weight is 397 g/mol. The van der Waals surface area contributed by atoms with E-state index in [2.05, 4.69) is 29.5 Å². The summed E-state index contributed by atoms with van der Waals surface area (Å²) in [5, 5.41) is 16.8. The maximum Gasteiger partial charge on any atom is 0.355 e. The average Bonchev–Trinajstić information content (AvgIpc) is 3.09. The number of carboxylic acid groups (broad SMARTS) is 1. The molecule has 0 radical (unpaired) electrons. The molecule has 1 aliphatic rings. The van der Waals surface area contributed by atoms with Gasteiger partial charge in [0.25, 0.3) is 0 Å². The van der Waals surface area contributed by atoms with Crippen molar-refractivity contribution in [1.29, 1.82) is 0 Å². The Kier molecular flexibility index (Phi) is 8.02. The number of piperidine rings is 1. The molecular formula is C18H28N4O4S. The van der Waals surface area contributed by atoms with Crippen molar-refractivity contribution >= 4 is 29.2 Å². The van der Waals surface area contributed by atoms with Gasteiger partial charge in [0.05, 0.1) is 5.01 Å². The summed E-state index contributed by atoms with van der Waals surface area (Å²) >= 11 is 1.28. The Morgan fingerprint density at radius 3 is 2.81 bits per heavy atom. The van der Waals surface area contributed by atoms with Crippen molar-refractivity contribution in [3.8, 4) is 0 Å². The number of thiazole rings is 1. The number of nitrogens with one attached hydrogen (secondary N) is 2. The number of carbonyl (C=O) groups excluding carboxylic acids is 2. The van der Waals surface area contributed by atoms with Gasteiger partial charge >= 0.3 is 12.0 Å². The van der Waals surface area contributed by atoms with E-state index in [1.807, 2.05) is 0 Å². The fraction of sp³-hybridized carbons (Fsp3) is 0.667. The van der Waals surface area contributed by atoms with E-state index in [9.17, 15) is 14.4 Å². The Labute approximate surface area is 163 Å². The number of urea groups is 1. The number of carbonyl (C=O) groups is 3. The second-order valence-corrected chi connectivity index (χ2v) is 8.21. The Bertz CT molecular complexity index is 662. The smallest absolute Gasteiger partial charge is 0.355 e. The van der Waals surface area contributed by atoms with Crippen LogP contribution in [-0.2, 0) is 11.2 Å². The van der Waals surface area contributed by atoms with Gasteiger partial charge in [0, 0.05) is 44.4 Å². The molecule has 0 saturated carbocycles. The molecule has 2 rings (SSSR count). The van der Waals surface area contributed by atoms with Crippen molar-refractivity contribution in [1.82, 2.24) is 20.5 Å². The molecule has 0 aliphatic carbocycles. The molecule has 9 heteroatoms. The fourth-order valence-electron chi connectivity index (χ4n) is 2.99. The van der Waals surface area contributed by atoms with E-state index in [4.69, 9.17) is 5.11 Å². The van der Waals surface area contributed by atoms with Crippen molar-refractivity contribution in [2.24, 2.45) is 11.8 Å². The van der Waals surface area contributed by atoms with Crippen LogP contribution in [0.3, 0.4) is 0 Å². The number of aromatic carboxylic acids is 1. The summed E-state index contributed by atoms with van der Waals surface area (Å²) in [6, 6.07) is -0.0492. The van der Waals surface area contributed by atoms with Crippen molar-refractivity contribution in [2.75, 3.05) is 26.2 Å². The summed E-state index contributed by atoms with van der Waals surface area (Å²) in [6.45, 7) is 6.52. The predicted molar refractivity (Wildman–Crippen MR) is 103 cm³/mol. The van der Waals surface area contributed by atoms with Gasteiger partial charge in [-0.3, -0.25) is 4.79 Å². The highest BCUT2D eigenvalue weighted by Gasteiger charge is 2.25. The van der Waals surface area contributed by atoms with E-state index in [1.165, 1.54) is 16.7 Å². The van der Waals surface area contributed by atoms with Gasteiger partial charge in [-0.05, 0) is 24.7 Å². The van der Waals surface area contributed by atoms with Crippen LogP contribution in [0.2, 0.25) is 0 Å². The van der Waals surface area contributed by atoms with Crippen molar-refractivity contribution < 1.29 is 19.5 Å². The first-order valence-corrected chi connectivity index (χ1v) is 10.2. The molecular weight excluding hydrogens is 368 g/mol. The van der Waals surface area contributed by atoms with Crippen LogP contribution >= 0.6 is 11.3 Å². The summed E-state index contributed by atoms with van der Waals surface area (Å²) in [5.41, 5.74) is 0.0411. The maximum atomic E-state index is 12.2. The first-order chi connectivity index (χ1) is 12.8. The lowest BCUT2D eigenvalue weighted by Gasteiger charge is -2.32. The van der Waals surface area contributed by atoms with Crippen LogP contribution < -0.4 is 10.6 Å². The Morgan fingerprint density at radius 2 is 2.15 bits per heavy atom. The van der Waals surface area contributed by atoms with Gasteiger partial charge < -0.3 is 20.6 Å². The fourth-order valence-corrected chi connectivity index (χ4v) is 3.76. The Balaban J connectivity index is 1.69. The normalized spacial score (nSPS) is 17.0. The summed E-state index contributed by atoms with van der Waals surface area (Å²) < 4.78 is 0. The first kappa shape index (κ1) is 21.1. The number of aromatic nitrogens is 1. The first-order valence-electron chi connectivity index (χ1n) is 9.32. The summed E-state index contributed by atoms with van der Waals surface area (Å²) in [7, 11) is 0. The Hall–Kier alpha value is -2.16. The summed E-state index contributed by atoms with van der Waals surface area (Å²) in [4.78, 5) is 40.9. The quantitative estimate of drug-likeness (QED) is 0.622. The van der Waals surface area contributed by atoms with Crippen LogP contribution in [0, 0.1) is 11.8 Å². The molecule has 1 atom stereocenters. The van der Waals surface area contributed by atoms with Crippen molar-refractivity contribution in [3.05, 3.63) is 16.1 Å². The standard InChI is InChI=1S/C18H28N4O4S/c1-12(2)9-20-18(26)22-7-3-4-13(10-22)8-15(23)19-6-5-16-21-14(11-27-16)17(24)25/h11-13H,3-10H2,1-2H3,(H,19,23)(H,20,26)(H,24,25). The molecule has 8 nitrogen and oxygen atoms in total. The van der Waals surface area contributed by atoms with Gasteiger partial charge in [0.15, 0.2) is 5.69 Å². The predicted octanol–water partition coefficient (Wildman–Crippen LogP) is 1.97. The van der Waals surface area contributed by atoms with Crippen molar-refractivity contribution in [3.63, 3.8) is 0 Å². The summed E-state index contributed by atoms with van der Waals surface area (Å²) in [5.74, 6) is -0.507. The highest BCUT2D eigenvalue weighted by atomic mass is 32.1. The van der Waals surface area contributed by atoms with Gasteiger partial charge in [-0.25, -0.2) is 14.6 Å². The molecule has 1 unspecified atom stereocenters. The number of likely N-dealkylation sites (tertiary alicyclic amines) is 1. The number of hydrogen-bond donors (Lipinski definition) is 3. The molecule has 3 amide bonds. The van der Waals surface area contributed by atoms with E-state index in [0.29, 0.717) is 43.4 Å². The van der Waals surface area contributed by atoms with E-state index in [-0.39, 0.29) is 23.6 Å². The lowest BCUT2D eigenvalue weighted by molar-refractivity contribution is -0.122. The highest BCUT2D eigenvalue weighted by molar-refractivity contribution is 7.09. The SMILES string of the molecule is CC(C)CNC(=O)N1CCCC(CC(=O)NCCc2nc(C(=O)O)cs2)C1. The zero-order chi connectivity index (χ0) is 19.8. The number of nitrogens with zero attached hydrogens (tertiary/aromatic N) is 2. The molecule has 150 valence electrons. The van der Waals surface area contributed by atoms with Gasteiger partial charge in [-0.2, -0.15) is 0 Å². The van der Waals surface area contributed by atoms with Crippen LogP contribution in [0.15, 0.2) is 5.38 Å². The van der Waals surface area contributed by atoms with Crippen LogP contribution in [0.4, 0.5) is 4.79 Å². The van der Waals surface area contributed by atoms with Crippen LogP contribution in [0.5, 0.6) is 0 Å². The molecule has 0 spiro atoms. The number of rotatable bonds is 8. The highest BCUT2D eigenvalue weighted by Crippen LogP contribution is 2.19. The van der Waals surface area contributed by atoms with Gasteiger partial charge in [0.1, 0.15) is 0 Å². The number of hydrogen-bond acceptors (Lipinski definition) is 5. The number of amides is 3. The van der Waals surface area contributed by atoms with Gasteiger partial charge in [-0.1, -0.05) is 13.8 Å². The third-order valence-corrected chi connectivity index (χ3v) is 5.28. The van der Waals surface area contributed by atoms with Crippen LogP contribution in [0.25, 0.3) is 0 Å². The van der Waals surface area contributed by atoms with Crippen molar-refractivity contribution in [2.45, 2.75) is 39.5 Å². The molecule has 2 heterocycles. The van der Waals surface area contributed by atoms with Gasteiger partial charge in [-0.15, -0.1) is 11.3 Å². The largest absolute Gasteiger partial charge is 0.476 e. The van der Waals surface area contributed by atoms with E-state index in [0.717, 1.165) is 19.4 Å². The lowest BCUT2D eigenvalue weighted by Crippen LogP contribution is -2.47. The molecule has 0 bridgehead atoms. The third-order valence-electron chi connectivity index (χ3n) is 4.37. The summed E-state index contributed by atoms with van der Waals surface area (Å²) in [6.07, 6.45) is 2.75. The number of carboxylic acids is 1. The zero-order valence-corrected chi connectivity index (χ0v) is 16.7. The monoisotopic (exact) mass is 396 g/mol. The minimum atomic E-state index is -1.04.